The summed E-state index contributed by atoms with van der Waals surface area (Å²) < 4.78 is 14.3. The molecular weight excluding hydrogens is 394 g/mol. The number of esters is 1. The van der Waals surface area contributed by atoms with Gasteiger partial charge in [-0.15, -0.1) is 0 Å². The molecular formula is C24H19N3O4. The first-order valence-electron chi connectivity index (χ1n) is 9.81. The first-order chi connectivity index (χ1) is 15.0. The molecule has 4 aromatic rings. The van der Waals surface area contributed by atoms with E-state index >= 15 is 0 Å². The monoisotopic (exact) mass is 413 g/mol. The lowest BCUT2D eigenvalue weighted by atomic mass is 10.0. The number of hydrogen-bond donors (Lipinski definition) is 0. The van der Waals surface area contributed by atoms with Crippen LogP contribution < -0.4 is 5.56 Å². The summed E-state index contributed by atoms with van der Waals surface area (Å²) in [6.07, 6.45) is 1.54. The van der Waals surface area contributed by atoms with Gasteiger partial charge in [-0.05, 0) is 43.3 Å². The first kappa shape index (κ1) is 18.9. The molecule has 0 spiro atoms. The topological polar surface area (TPSA) is 78.7 Å². The van der Waals surface area contributed by atoms with E-state index in [-0.39, 0.29) is 18.1 Å². The van der Waals surface area contributed by atoms with Gasteiger partial charge in [0, 0.05) is 18.2 Å². The molecule has 31 heavy (non-hydrogen) atoms. The highest BCUT2D eigenvalue weighted by atomic mass is 16.5. The molecule has 0 aliphatic carbocycles. The van der Waals surface area contributed by atoms with Crippen LogP contribution in [-0.4, -0.2) is 21.5 Å². The molecule has 3 heterocycles. The number of rotatable bonds is 4. The smallest absolute Gasteiger partial charge is 0.338 e. The second kappa shape index (κ2) is 7.28. The highest BCUT2D eigenvalue weighted by Crippen LogP contribution is 2.28. The maximum Gasteiger partial charge on any atom is 0.338 e. The van der Waals surface area contributed by atoms with Crippen LogP contribution in [0.3, 0.4) is 0 Å². The van der Waals surface area contributed by atoms with Crippen LogP contribution >= 0.6 is 0 Å². The fourth-order valence-corrected chi connectivity index (χ4v) is 3.69. The number of aromatic nitrogens is 2. The Labute approximate surface area is 177 Å². The summed E-state index contributed by atoms with van der Waals surface area (Å²) in [5.41, 5.74) is 3.97. The van der Waals surface area contributed by atoms with Gasteiger partial charge >= 0.3 is 5.97 Å². The summed E-state index contributed by atoms with van der Waals surface area (Å²) in [4.78, 5) is 29.0. The molecule has 0 saturated heterocycles. The van der Waals surface area contributed by atoms with E-state index in [4.69, 9.17) is 9.15 Å². The van der Waals surface area contributed by atoms with Crippen molar-refractivity contribution in [2.45, 2.75) is 13.5 Å². The molecule has 0 amide bonds. The van der Waals surface area contributed by atoms with Crippen molar-refractivity contribution in [3.05, 3.63) is 93.6 Å². The molecule has 0 atom stereocenters. The number of benzene rings is 2. The van der Waals surface area contributed by atoms with Crippen LogP contribution in [0, 0.1) is 6.92 Å². The average Bonchev–Trinajstić information content (AvgIpc) is 3.46. The molecule has 154 valence electrons. The quantitative estimate of drug-likeness (QED) is 0.372. The summed E-state index contributed by atoms with van der Waals surface area (Å²) in [6.45, 7) is 2.13. The Kier molecular flexibility index (Phi) is 4.43. The standard InChI is InChI=1S/C24H19N3O4/c1-15-22(23(28)27(26(15)2)18-6-4-3-5-7-18)25-13-19-9-11-21(31-19)16-8-10-20-17(12-16)14-30-24(20)29/h3-13H,14H2,1-2H3. The molecule has 0 saturated carbocycles. The van der Waals surface area contributed by atoms with Crippen LogP contribution in [0.15, 0.2) is 74.9 Å². The Hall–Kier alpha value is -4.13. The maximum absolute atomic E-state index is 13.0. The van der Waals surface area contributed by atoms with Gasteiger partial charge in [-0.25, -0.2) is 14.5 Å². The van der Waals surface area contributed by atoms with Crippen molar-refractivity contribution in [3.63, 3.8) is 0 Å². The third-order valence-electron chi connectivity index (χ3n) is 5.44. The number of carbonyl (C=O) groups is 1. The van der Waals surface area contributed by atoms with Crippen molar-refractivity contribution in [1.82, 2.24) is 9.36 Å². The lowest BCUT2D eigenvalue weighted by Crippen LogP contribution is -2.19. The zero-order valence-electron chi connectivity index (χ0n) is 17.0. The summed E-state index contributed by atoms with van der Waals surface area (Å²) in [7, 11) is 1.83. The van der Waals surface area contributed by atoms with E-state index in [1.807, 2.05) is 62.5 Å². The molecule has 1 aliphatic rings. The largest absolute Gasteiger partial charge is 0.457 e. The Morgan fingerprint density at radius 3 is 2.65 bits per heavy atom. The van der Waals surface area contributed by atoms with Crippen molar-refractivity contribution >= 4 is 17.9 Å². The van der Waals surface area contributed by atoms with E-state index < -0.39 is 0 Å². The summed E-state index contributed by atoms with van der Waals surface area (Å²) in [5, 5.41) is 0. The minimum absolute atomic E-state index is 0.197. The zero-order valence-corrected chi connectivity index (χ0v) is 17.0. The molecule has 0 fully saturated rings. The van der Waals surface area contributed by atoms with Gasteiger partial charge in [0.15, 0.2) is 5.69 Å². The minimum atomic E-state index is -0.298. The van der Waals surface area contributed by atoms with Crippen molar-refractivity contribution in [1.29, 1.82) is 0 Å². The Balaban J connectivity index is 1.45. The van der Waals surface area contributed by atoms with Crippen LogP contribution in [0.2, 0.25) is 0 Å². The van der Waals surface area contributed by atoms with Gasteiger partial charge < -0.3 is 9.15 Å². The number of nitrogens with zero attached hydrogens (tertiary/aromatic N) is 3. The molecule has 2 aromatic carbocycles. The van der Waals surface area contributed by atoms with Crippen molar-refractivity contribution in [3.8, 4) is 17.0 Å². The van der Waals surface area contributed by atoms with Crippen LogP contribution in [0.25, 0.3) is 17.0 Å². The molecule has 1 aliphatic heterocycles. The van der Waals surface area contributed by atoms with Crippen molar-refractivity contribution < 1.29 is 13.9 Å². The lowest BCUT2D eigenvalue weighted by molar-refractivity contribution is 0.0535. The third kappa shape index (κ3) is 3.20. The molecule has 2 aromatic heterocycles. The summed E-state index contributed by atoms with van der Waals surface area (Å²) >= 11 is 0. The number of fused-ring (bicyclic) bond motifs is 1. The third-order valence-corrected chi connectivity index (χ3v) is 5.44. The second-order valence-corrected chi connectivity index (χ2v) is 7.32. The van der Waals surface area contributed by atoms with Gasteiger partial charge in [-0.1, -0.05) is 24.3 Å². The summed E-state index contributed by atoms with van der Waals surface area (Å²) in [6, 6.07) is 18.5. The van der Waals surface area contributed by atoms with Crippen LogP contribution in [0.4, 0.5) is 5.69 Å². The minimum Gasteiger partial charge on any atom is -0.457 e. The number of cyclic esters (lactones) is 1. The molecule has 5 rings (SSSR count). The number of para-hydroxylation sites is 1. The van der Waals surface area contributed by atoms with Gasteiger partial charge in [-0.3, -0.25) is 9.48 Å². The number of aliphatic imine (C=N–C) groups is 1. The van der Waals surface area contributed by atoms with Gasteiger partial charge in [0.1, 0.15) is 18.1 Å². The predicted molar refractivity (Wildman–Crippen MR) is 116 cm³/mol. The van der Waals surface area contributed by atoms with Crippen LogP contribution in [-0.2, 0) is 18.4 Å². The van der Waals surface area contributed by atoms with E-state index in [9.17, 15) is 9.59 Å². The van der Waals surface area contributed by atoms with Gasteiger partial charge in [-0.2, -0.15) is 0 Å². The molecule has 7 nitrogen and oxygen atoms in total. The van der Waals surface area contributed by atoms with Crippen molar-refractivity contribution in [2.24, 2.45) is 12.0 Å². The van der Waals surface area contributed by atoms with E-state index in [0.29, 0.717) is 22.8 Å². The van der Waals surface area contributed by atoms with Crippen molar-refractivity contribution in [2.75, 3.05) is 0 Å². The fraction of sp³-hybridized carbons (Fsp3) is 0.125. The molecule has 0 bridgehead atoms. The number of carbonyl (C=O) groups excluding carboxylic acids is 1. The Bertz CT molecular complexity index is 1390. The Morgan fingerprint density at radius 1 is 1.03 bits per heavy atom. The maximum atomic E-state index is 13.0. The number of ether oxygens (including phenoxy) is 1. The molecule has 0 unspecified atom stereocenters. The highest BCUT2D eigenvalue weighted by molar-refractivity contribution is 5.94. The zero-order chi connectivity index (χ0) is 21.5. The van der Waals surface area contributed by atoms with E-state index in [1.165, 1.54) is 0 Å². The SMILES string of the molecule is Cc1c(N=Cc2ccc(-c3ccc4c(c3)COC4=O)o2)c(=O)n(-c2ccccc2)n1C. The first-order valence-corrected chi connectivity index (χ1v) is 9.81. The van der Waals surface area contributed by atoms with E-state index in [2.05, 4.69) is 4.99 Å². The molecule has 0 N–H and O–H groups in total. The second-order valence-electron chi connectivity index (χ2n) is 7.32. The fourth-order valence-electron chi connectivity index (χ4n) is 3.69. The van der Waals surface area contributed by atoms with E-state index in [0.717, 1.165) is 22.5 Å². The molecule has 7 heteroatoms. The number of hydrogen-bond acceptors (Lipinski definition) is 5. The van der Waals surface area contributed by atoms with Crippen LogP contribution in [0.5, 0.6) is 0 Å². The predicted octanol–water partition coefficient (Wildman–Crippen LogP) is 4.17. The Morgan fingerprint density at radius 2 is 1.84 bits per heavy atom. The van der Waals surface area contributed by atoms with Gasteiger partial charge in [0.25, 0.3) is 5.56 Å². The normalized spacial score (nSPS) is 13.0. The molecule has 0 radical (unpaired) electrons. The number of furan rings is 1. The summed E-state index contributed by atoms with van der Waals surface area (Å²) in [5.74, 6) is 0.875. The van der Waals surface area contributed by atoms with Gasteiger partial charge in [0.2, 0.25) is 0 Å². The van der Waals surface area contributed by atoms with Crippen LogP contribution in [0.1, 0.15) is 27.4 Å². The highest BCUT2D eigenvalue weighted by Gasteiger charge is 2.21. The lowest BCUT2D eigenvalue weighted by Gasteiger charge is -2.07. The van der Waals surface area contributed by atoms with Gasteiger partial charge in [0.05, 0.1) is 23.2 Å². The van der Waals surface area contributed by atoms with E-state index in [1.54, 1.807) is 27.7 Å². The average molecular weight is 413 g/mol.